The van der Waals surface area contributed by atoms with Crippen molar-refractivity contribution in [1.29, 1.82) is 0 Å². The average Bonchev–Trinajstić information content (AvgIpc) is 2.79. The molecule has 1 fully saturated rings. The number of aliphatic hydroxyl groups excluding tert-OH is 1. The van der Waals surface area contributed by atoms with Gasteiger partial charge in [0.25, 0.3) is 0 Å². The van der Waals surface area contributed by atoms with Gasteiger partial charge in [0, 0.05) is 11.0 Å². The van der Waals surface area contributed by atoms with Crippen LogP contribution in [0.2, 0.25) is 0 Å². The summed E-state index contributed by atoms with van der Waals surface area (Å²) >= 11 is 0. The highest BCUT2D eigenvalue weighted by Gasteiger charge is 2.48. The van der Waals surface area contributed by atoms with Crippen LogP contribution in [0.1, 0.15) is 36.1 Å². The number of rotatable bonds is 7. The van der Waals surface area contributed by atoms with Crippen molar-refractivity contribution in [3.05, 3.63) is 95.6 Å². The zero-order chi connectivity index (χ0) is 22.0. The molecular weight excluding hydrogens is 419 g/mol. The molecule has 0 bridgehead atoms. The summed E-state index contributed by atoms with van der Waals surface area (Å²) in [5, 5.41) is 11.1. The van der Waals surface area contributed by atoms with Gasteiger partial charge in [-0.05, 0) is 72.5 Å². The van der Waals surface area contributed by atoms with Crippen LogP contribution in [0.3, 0.4) is 0 Å². The van der Waals surface area contributed by atoms with Gasteiger partial charge in [-0.1, -0.05) is 24.3 Å². The monoisotopic (exact) mass is 439 g/mol. The minimum Gasteiger partial charge on any atom is -0.388 e. The minimum atomic E-state index is -0.810. The summed E-state index contributed by atoms with van der Waals surface area (Å²) < 4.78 is 37.6. The Morgan fingerprint density at radius 1 is 0.903 bits per heavy atom. The van der Waals surface area contributed by atoms with Crippen molar-refractivity contribution in [2.45, 2.75) is 25.0 Å². The van der Waals surface area contributed by atoms with Gasteiger partial charge in [-0.2, -0.15) is 0 Å². The molecule has 7 heteroatoms. The van der Waals surface area contributed by atoms with Crippen molar-refractivity contribution in [3.63, 3.8) is 0 Å². The fourth-order valence-electron chi connectivity index (χ4n) is 4.02. The summed E-state index contributed by atoms with van der Waals surface area (Å²) in [4.78, 5) is 14.6. The van der Waals surface area contributed by atoms with Gasteiger partial charge in [0.05, 0.1) is 18.1 Å². The van der Waals surface area contributed by atoms with E-state index >= 15 is 0 Å². The summed E-state index contributed by atoms with van der Waals surface area (Å²) in [6.07, 6.45) is -0.0375. The number of amides is 1. The van der Waals surface area contributed by atoms with E-state index in [4.69, 9.17) is 0 Å². The van der Waals surface area contributed by atoms with E-state index in [1.165, 1.54) is 36.4 Å². The number of hydrogen-bond donors (Lipinski definition) is 1. The predicted molar refractivity (Wildman–Crippen MR) is 114 cm³/mol. The zero-order valence-electron chi connectivity index (χ0n) is 16.5. The molecule has 1 heterocycles. The summed E-state index contributed by atoms with van der Waals surface area (Å²) in [5.74, 6) is -1.23. The Morgan fingerprint density at radius 2 is 1.48 bits per heavy atom. The van der Waals surface area contributed by atoms with Crippen LogP contribution in [0.5, 0.6) is 0 Å². The lowest BCUT2D eigenvalue weighted by Crippen LogP contribution is -2.55. The van der Waals surface area contributed by atoms with Crippen LogP contribution in [0.4, 0.5) is 14.5 Å². The maximum atomic E-state index is 13.4. The molecule has 0 aromatic heterocycles. The van der Waals surface area contributed by atoms with Gasteiger partial charge in [-0.15, -0.1) is 0 Å². The molecule has 1 amide bonds. The van der Waals surface area contributed by atoms with Crippen molar-refractivity contribution in [2.24, 2.45) is 5.92 Å². The lowest BCUT2D eigenvalue weighted by Gasteiger charge is -2.48. The molecule has 0 spiro atoms. The highest BCUT2D eigenvalue weighted by Crippen LogP contribution is 2.46. The van der Waals surface area contributed by atoms with E-state index in [1.807, 2.05) is 12.1 Å². The first-order chi connectivity index (χ1) is 15.0. The Morgan fingerprint density at radius 3 is 2.06 bits per heavy atom. The topological polar surface area (TPSA) is 57.6 Å². The molecule has 1 aliphatic heterocycles. The van der Waals surface area contributed by atoms with Crippen LogP contribution in [0.25, 0.3) is 0 Å². The van der Waals surface area contributed by atoms with E-state index in [1.54, 1.807) is 29.2 Å². The number of carbonyl (C=O) groups excluding carboxylic acids is 1. The van der Waals surface area contributed by atoms with Crippen LogP contribution in [-0.2, 0) is 9.36 Å². The SMILES string of the molecule is O=Pc1ccc([C@@H]2[C@@H](CC[C@H](O)c3ccc(F)cc3)C(=O)N2c2ccc(F)cc2)cc1. The Bertz CT molecular complexity index is 1070. The number of hydrogen-bond acceptors (Lipinski definition) is 3. The molecule has 3 atom stereocenters. The molecule has 31 heavy (non-hydrogen) atoms. The number of β-lactam (4-membered cyclic amide) rings is 1. The van der Waals surface area contributed by atoms with Gasteiger partial charge < -0.3 is 10.0 Å². The molecule has 1 aliphatic rings. The molecule has 3 aromatic rings. The molecular formula is C24H20F2NO3P. The van der Waals surface area contributed by atoms with Crippen LogP contribution in [0, 0.1) is 17.6 Å². The average molecular weight is 439 g/mol. The van der Waals surface area contributed by atoms with Crippen LogP contribution in [0.15, 0.2) is 72.8 Å². The van der Waals surface area contributed by atoms with E-state index in [9.17, 15) is 23.2 Å². The van der Waals surface area contributed by atoms with Crippen molar-refractivity contribution in [3.8, 4) is 0 Å². The molecule has 158 valence electrons. The van der Waals surface area contributed by atoms with Crippen molar-refractivity contribution in [2.75, 3.05) is 4.90 Å². The summed E-state index contributed by atoms with van der Waals surface area (Å²) in [5.41, 5.74) is 2.06. The molecule has 0 radical (unpaired) electrons. The third-order valence-electron chi connectivity index (χ3n) is 5.66. The standard InChI is InChI=1S/C24H20F2NO3P/c25-17-5-1-15(2-6-17)22(28)14-13-21-23(16-3-11-20(31-30)12-4-16)27(24(21)29)19-9-7-18(26)8-10-19/h1-12,21-23,28H,13-14H2/t21-,22+,23-/m1/s1. The molecule has 0 saturated carbocycles. The van der Waals surface area contributed by atoms with Crippen molar-refractivity contribution >= 4 is 25.4 Å². The lowest BCUT2D eigenvalue weighted by molar-refractivity contribution is -0.131. The summed E-state index contributed by atoms with van der Waals surface area (Å²) in [6.45, 7) is 0. The van der Waals surface area contributed by atoms with Gasteiger partial charge in [0.2, 0.25) is 5.91 Å². The van der Waals surface area contributed by atoms with Gasteiger partial charge >= 0.3 is 0 Å². The highest BCUT2D eigenvalue weighted by molar-refractivity contribution is 7.34. The van der Waals surface area contributed by atoms with Crippen molar-refractivity contribution < 1.29 is 23.2 Å². The van der Waals surface area contributed by atoms with Gasteiger partial charge in [0.15, 0.2) is 8.46 Å². The molecule has 1 N–H and O–H groups in total. The van der Waals surface area contributed by atoms with Gasteiger partial charge in [-0.25, -0.2) is 8.78 Å². The number of aliphatic hydroxyl groups is 1. The lowest BCUT2D eigenvalue weighted by atomic mass is 9.78. The molecule has 0 unspecified atom stereocenters. The van der Waals surface area contributed by atoms with E-state index in [0.29, 0.717) is 29.4 Å². The highest BCUT2D eigenvalue weighted by atomic mass is 31.1. The molecule has 0 aliphatic carbocycles. The fourth-order valence-corrected chi connectivity index (χ4v) is 4.29. The maximum Gasteiger partial charge on any atom is 0.233 e. The van der Waals surface area contributed by atoms with E-state index < -0.39 is 6.10 Å². The molecule has 4 rings (SSSR count). The Balaban J connectivity index is 1.56. The summed E-state index contributed by atoms with van der Waals surface area (Å²) in [7, 11) is -0.0818. The number of carbonyl (C=O) groups is 1. The first-order valence-corrected chi connectivity index (χ1v) is 10.7. The largest absolute Gasteiger partial charge is 0.388 e. The third-order valence-corrected chi connectivity index (χ3v) is 6.17. The fraction of sp³-hybridized carbons (Fsp3) is 0.208. The van der Waals surface area contributed by atoms with Gasteiger partial charge in [-0.3, -0.25) is 9.36 Å². The normalized spacial score (nSPS) is 19.3. The number of anilines is 1. The second kappa shape index (κ2) is 9.04. The Kier molecular flexibility index (Phi) is 6.21. The molecule has 4 nitrogen and oxygen atoms in total. The minimum absolute atomic E-state index is 0.0818. The Hall–Kier alpha value is -2.95. The first-order valence-electron chi connectivity index (χ1n) is 9.93. The molecule has 1 saturated heterocycles. The van der Waals surface area contributed by atoms with Crippen LogP contribution >= 0.6 is 8.46 Å². The number of nitrogens with zero attached hydrogens (tertiary/aromatic N) is 1. The third kappa shape index (κ3) is 4.41. The van der Waals surface area contributed by atoms with Crippen molar-refractivity contribution in [1.82, 2.24) is 0 Å². The number of halogens is 2. The van der Waals surface area contributed by atoms with E-state index in [2.05, 4.69) is 0 Å². The second-order valence-corrected chi connectivity index (χ2v) is 8.26. The summed E-state index contributed by atoms with van der Waals surface area (Å²) in [6, 6.07) is 18.3. The van der Waals surface area contributed by atoms with Crippen LogP contribution < -0.4 is 10.2 Å². The van der Waals surface area contributed by atoms with Crippen LogP contribution in [-0.4, -0.2) is 11.0 Å². The smallest absolute Gasteiger partial charge is 0.233 e. The maximum absolute atomic E-state index is 13.4. The quantitative estimate of drug-likeness (QED) is 0.412. The molecule has 3 aromatic carbocycles. The van der Waals surface area contributed by atoms with E-state index in [0.717, 1.165) is 5.56 Å². The zero-order valence-corrected chi connectivity index (χ0v) is 17.4. The van der Waals surface area contributed by atoms with E-state index in [-0.39, 0.29) is 38.0 Å². The predicted octanol–water partition coefficient (Wildman–Crippen LogP) is 5.10. The van der Waals surface area contributed by atoms with Gasteiger partial charge in [0.1, 0.15) is 11.6 Å². The second-order valence-electron chi connectivity index (χ2n) is 7.56. The number of benzene rings is 3. The Labute approximate surface area is 180 Å². The first kappa shape index (κ1) is 21.3.